The lowest BCUT2D eigenvalue weighted by Gasteiger charge is -2.08. The summed E-state index contributed by atoms with van der Waals surface area (Å²) >= 11 is 0. The van der Waals surface area contributed by atoms with Gasteiger partial charge in [0.1, 0.15) is 0 Å². The van der Waals surface area contributed by atoms with Gasteiger partial charge < -0.3 is 20.8 Å². The Morgan fingerprint density at radius 3 is 2.62 bits per heavy atom. The highest BCUT2D eigenvalue weighted by atomic mass is 16.3. The van der Waals surface area contributed by atoms with E-state index in [0.717, 1.165) is 17.8 Å². The van der Waals surface area contributed by atoms with Crippen LogP contribution in [0.25, 0.3) is 17.4 Å². The number of furan rings is 1. The molecule has 0 aliphatic rings. The lowest BCUT2D eigenvalue weighted by Crippen LogP contribution is -2.12. The number of fused-ring (bicyclic) bond motifs is 1. The number of nitrogens with zero attached hydrogens (tertiary/aromatic N) is 6. The minimum Gasteiger partial charge on any atom is -0.461 e. The summed E-state index contributed by atoms with van der Waals surface area (Å²) in [5, 5.41) is 10.9. The van der Waals surface area contributed by atoms with Crippen molar-refractivity contribution in [3.05, 3.63) is 78.3 Å². The van der Waals surface area contributed by atoms with Gasteiger partial charge in [0.25, 0.3) is 5.78 Å². The van der Waals surface area contributed by atoms with Crippen molar-refractivity contribution in [1.82, 2.24) is 29.5 Å². The Bertz CT molecular complexity index is 1300. The second kappa shape index (κ2) is 8.72. The number of pyridine rings is 1. The highest BCUT2D eigenvalue weighted by Gasteiger charge is 2.13. The molecule has 0 saturated heterocycles. The number of hydrogen-bond acceptors (Lipinski definition) is 9. The molecule has 32 heavy (non-hydrogen) atoms. The van der Waals surface area contributed by atoms with Crippen molar-refractivity contribution in [3.8, 4) is 11.6 Å². The van der Waals surface area contributed by atoms with E-state index >= 15 is 0 Å². The van der Waals surface area contributed by atoms with E-state index in [1.54, 1.807) is 24.6 Å². The molecular formula is C22H21N9O. The lowest BCUT2D eigenvalue weighted by atomic mass is 10.1. The summed E-state index contributed by atoms with van der Waals surface area (Å²) in [4.78, 5) is 17.3. The number of nitrogen functional groups attached to an aromatic ring is 1. The Balaban J connectivity index is 1.18. The van der Waals surface area contributed by atoms with Crippen LogP contribution in [0.5, 0.6) is 0 Å². The molecule has 1 aromatic carbocycles. The Morgan fingerprint density at radius 1 is 0.938 bits per heavy atom. The predicted octanol–water partition coefficient (Wildman–Crippen LogP) is 3.02. The van der Waals surface area contributed by atoms with E-state index < -0.39 is 0 Å². The van der Waals surface area contributed by atoms with Crippen LogP contribution >= 0.6 is 0 Å². The molecule has 0 amide bonds. The second-order valence-corrected chi connectivity index (χ2v) is 7.08. The Kier molecular flexibility index (Phi) is 5.31. The summed E-state index contributed by atoms with van der Waals surface area (Å²) in [5.74, 6) is 1.91. The van der Waals surface area contributed by atoms with E-state index in [1.165, 1.54) is 10.1 Å². The lowest BCUT2D eigenvalue weighted by molar-refractivity contribution is 0.577. The molecule has 0 fully saturated rings. The summed E-state index contributed by atoms with van der Waals surface area (Å²) in [6.45, 7) is 1.34. The fraction of sp³-hybridized carbons (Fsp3) is 0.136. The van der Waals surface area contributed by atoms with Crippen molar-refractivity contribution >= 4 is 23.4 Å². The fourth-order valence-electron chi connectivity index (χ4n) is 3.20. The summed E-state index contributed by atoms with van der Waals surface area (Å²) in [6, 6.07) is 17.7. The summed E-state index contributed by atoms with van der Waals surface area (Å²) in [5.41, 5.74) is 9.26. The molecular weight excluding hydrogens is 406 g/mol. The molecule has 0 saturated carbocycles. The number of nitrogens with two attached hydrogens (primary N) is 1. The van der Waals surface area contributed by atoms with Crippen molar-refractivity contribution in [2.75, 3.05) is 22.9 Å². The number of rotatable bonds is 8. The molecule has 0 unspecified atom stereocenters. The molecule has 5 rings (SSSR count). The van der Waals surface area contributed by atoms with Crippen molar-refractivity contribution in [2.45, 2.75) is 13.0 Å². The average molecular weight is 427 g/mol. The standard InChI is InChI=1S/C22H21N9O/c23-20-28-21(29-22-27-19(30-31(20)22)18-5-3-13-32-18)25-12-10-15-6-8-16(9-7-15)26-14-17-4-1-2-11-24-17/h1-9,11,13,26H,10,12,14H2,(H3,23,25,27,28,29,30). The van der Waals surface area contributed by atoms with E-state index in [-0.39, 0.29) is 5.95 Å². The third-order valence-corrected chi connectivity index (χ3v) is 4.83. The fourth-order valence-corrected chi connectivity index (χ4v) is 3.20. The van der Waals surface area contributed by atoms with Crippen LogP contribution < -0.4 is 16.4 Å². The van der Waals surface area contributed by atoms with Gasteiger partial charge in [-0.15, -0.1) is 5.10 Å². The predicted molar refractivity (Wildman–Crippen MR) is 121 cm³/mol. The van der Waals surface area contributed by atoms with Gasteiger partial charge in [0, 0.05) is 18.4 Å². The van der Waals surface area contributed by atoms with Crippen LogP contribution in [0, 0.1) is 0 Å². The molecule has 0 radical (unpaired) electrons. The van der Waals surface area contributed by atoms with Crippen LogP contribution in [-0.4, -0.2) is 36.1 Å². The molecule has 5 aromatic rings. The van der Waals surface area contributed by atoms with E-state index in [4.69, 9.17) is 10.2 Å². The maximum atomic E-state index is 6.02. The van der Waals surface area contributed by atoms with Gasteiger partial charge in [0.05, 0.1) is 18.5 Å². The molecule has 0 aliphatic heterocycles. The zero-order valence-corrected chi connectivity index (χ0v) is 17.1. The normalized spacial score (nSPS) is 11.0. The molecule has 0 atom stereocenters. The van der Waals surface area contributed by atoms with Gasteiger partial charge in [-0.2, -0.15) is 19.5 Å². The molecule has 10 heteroatoms. The molecule has 160 valence electrons. The van der Waals surface area contributed by atoms with Gasteiger partial charge in [-0.3, -0.25) is 4.98 Å². The number of aromatic nitrogens is 6. The Hall–Kier alpha value is -4.47. The number of anilines is 3. The van der Waals surface area contributed by atoms with Crippen molar-refractivity contribution < 1.29 is 4.42 Å². The third-order valence-electron chi connectivity index (χ3n) is 4.83. The monoisotopic (exact) mass is 427 g/mol. The summed E-state index contributed by atoms with van der Waals surface area (Å²) in [6.07, 6.45) is 4.16. The minimum absolute atomic E-state index is 0.200. The summed E-state index contributed by atoms with van der Waals surface area (Å²) in [7, 11) is 0. The van der Waals surface area contributed by atoms with E-state index in [2.05, 4.69) is 59.9 Å². The number of benzene rings is 1. The second-order valence-electron chi connectivity index (χ2n) is 7.08. The Labute approximate surface area is 183 Å². The number of hydrogen-bond donors (Lipinski definition) is 3. The first kappa shape index (κ1) is 19.5. The van der Waals surface area contributed by atoms with Crippen LogP contribution in [0.4, 0.5) is 17.6 Å². The van der Waals surface area contributed by atoms with E-state index in [1.807, 2.05) is 18.2 Å². The smallest absolute Gasteiger partial charge is 0.259 e. The van der Waals surface area contributed by atoms with Crippen LogP contribution in [0.3, 0.4) is 0 Å². The maximum Gasteiger partial charge on any atom is 0.259 e. The van der Waals surface area contributed by atoms with Crippen LogP contribution in [0.1, 0.15) is 11.3 Å². The third kappa shape index (κ3) is 4.33. The van der Waals surface area contributed by atoms with Crippen molar-refractivity contribution in [2.24, 2.45) is 0 Å². The first-order chi connectivity index (χ1) is 15.7. The number of nitrogens with one attached hydrogen (secondary N) is 2. The highest BCUT2D eigenvalue weighted by molar-refractivity contribution is 5.52. The van der Waals surface area contributed by atoms with Crippen LogP contribution in [-0.2, 0) is 13.0 Å². The molecule has 0 spiro atoms. The average Bonchev–Trinajstić information content (AvgIpc) is 3.50. The molecule has 4 N–H and O–H groups in total. The molecule has 4 aromatic heterocycles. The van der Waals surface area contributed by atoms with Crippen molar-refractivity contribution in [1.29, 1.82) is 0 Å². The molecule has 0 bridgehead atoms. The first-order valence-electron chi connectivity index (χ1n) is 10.2. The SMILES string of the molecule is Nc1nc(NCCc2ccc(NCc3ccccn3)cc2)nc2nc(-c3ccco3)nn12. The topological polar surface area (TPSA) is 132 Å². The van der Waals surface area contributed by atoms with Gasteiger partial charge in [-0.05, 0) is 48.4 Å². The van der Waals surface area contributed by atoms with Gasteiger partial charge in [0.2, 0.25) is 17.7 Å². The van der Waals surface area contributed by atoms with Gasteiger partial charge in [-0.1, -0.05) is 18.2 Å². The van der Waals surface area contributed by atoms with Gasteiger partial charge in [0.15, 0.2) is 5.76 Å². The largest absolute Gasteiger partial charge is 0.461 e. The van der Waals surface area contributed by atoms with Crippen LogP contribution in [0.15, 0.2) is 71.5 Å². The van der Waals surface area contributed by atoms with E-state index in [9.17, 15) is 0 Å². The first-order valence-corrected chi connectivity index (χ1v) is 10.2. The molecule has 10 nitrogen and oxygen atoms in total. The zero-order chi connectivity index (χ0) is 21.8. The molecule has 4 heterocycles. The Morgan fingerprint density at radius 2 is 1.84 bits per heavy atom. The zero-order valence-electron chi connectivity index (χ0n) is 17.1. The van der Waals surface area contributed by atoms with Gasteiger partial charge >= 0.3 is 0 Å². The highest BCUT2D eigenvalue weighted by Crippen LogP contribution is 2.18. The molecule has 0 aliphatic carbocycles. The quantitative estimate of drug-likeness (QED) is 0.342. The summed E-state index contributed by atoms with van der Waals surface area (Å²) < 4.78 is 6.72. The van der Waals surface area contributed by atoms with E-state index in [0.29, 0.717) is 36.4 Å². The minimum atomic E-state index is 0.200. The maximum absolute atomic E-state index is 6.02. The van der Waals surface area contributed by atoms with Crippen molar-refractivity contribution in [3.63, 3.8) is 0 Å². The van der Waals surface area contributed by atoms with Gasteiger partial charge in [-0.25, -0.2) is 0 Å². The van der Waals surface area contributed by atoms with Crippen LogP contribution in [0.2, 0.25) is 0 Å².